The molecule has 1 fully saturated rings. The van der Waals surface area contributed by atoms with Gasteiger partial charge in [0, 0.05) is 33.9 Å². The highest BCUT2D eigenvalue weighted by Crippen LogP contribution is 2.46. The highest BCUT2D eigenvalue weighted by atomic mass is 16.3. The van der Waals surface area contributed by atoms with Gasteiger partial charge in [0.2, 0.25) is 0 Å². The largest absolute Gasteiger partial charge is 0.456 e. The van der Waals surface area contributed by atoms with Crippen molar-refractivity contribution in [2.75, 3.05) is 4.90 Å². The summed E-state index contributed by atoms with van der Waals surface area (Å²) in [5.41, 5.74) is 22.3. The van der Waals surface area contributed by atoms with Gasteiger partial charge in [0.1, 0.15) is 11.2 Å². The number of para-hydroxylation sites is 1. The molecule has 2 aliphatic carbocycles. The van der Waals surface area contributed by atoms with Gasteiger partial charge in [0.25, 0.3) is 0 Å². The Morgan fingerprint density at radius 1 is 0.323 bits per heavy atom. The fraction of sp³-hybridized carbons (Fsp3) is 0.143. The molecular weight excluding hydrogens is 787 g/mol. The van der Waals surface area contributed by atoms with Crippen molar-refractivity contribution in [3.05, 3.63) is 235 Å². The maximum absolute atomic E-state index is 6.43. The van der Waals surface area contributed by atoms with Gasteiger partial charge in [0.05, 0.1) is 0 Å². The zero-order valence-electron chi connectivity index (χ0n) is 37.0. The molecule has 0 N–H and O–H groups in total. The summed E-state index contributed by atoms with van der Waals surface area (Å²) in [4.78, 5) is 2.36. The molecule has 0 aliphatic heterocycles. The molecule has 0 bridgehead atoms. The summed E-state index contributed by atoms with van der Waals surface area (Å²) in [7, 11) is 0. The van der Waals surface area contributed by atoms with Crippen LogP contribution in [-0.2, 0) is 0 Å². The van der Waals surface area contributed by atoms with Crippen molar-refractivity contribution < 1.29 is 4.42 Å². The summed E-state index contributed by atoms with van der Waals surface area (Å²) in [6, 6.07) is 72.8. The molecule has 0 spiro atoms. The van der Waals surface area contributed by atoms with E-state index in [-0.39, 0.29) is 0 Å². The molecule has 2 nitrogen and oxygen atoms in total. The fourth-order valence-electron chi connectivity index (χ4n) is 10.4. The van der Waals surface area contributed by atoms with Crippen molar-refractivity contribution in [2.24, 2.45) is 0 Å². The summed E-state index contributed by atoms with van der Waals surface area (Å²) in [6.07, 6.45) is 10.3. The molecule has 0 atom stereocenters. The van der Waals surface area contributed by atoms with Gasteiger partial charge >= 0.3 is 0 Å². The molecule has 65 heavy (non-hydrogen) atoms. The molecule has 11 rings (SSSR count). The molecule has 0 amide bonds. The predicted molar refractivity (Wildman–Crippen MR) is 276 cm³/mol. The van der Waals surface area contributed by atoms with Gasteiger partial charge < -0.3 is 9.32 Å². The van der Waals surface area contributed by atoms with E-state index in [0.717, 1.165) is 71.1 Å². The molecule has 0 saturated heterocycles. The lowest BCUT2D eigenvalue weighted by atomic mass is 9.76. The molecule has 1 heterocycles. The molecule has 1 aromatic heterocycles. The van der Waals surface area contributed by atoms with E-state index in [1.807, 2.05) is 6.07 Å². The van der Waals surface area contributed by atoms with Crippen LogP contribution in [0.2, 0.25) is 0 Å². The topological polar surface area (TPSA) is 16.4 Å². The third-order valence-electron chi connectivity index (χ3n) is 13.7. The van der Waals surface area contributed by atoms with Crippen LogP contribution in [0.25, 0.3) is 66.5 Å². The summed E-state index contributed by atoms with van der Waals surface area (Å²) in [6.45, 7) is 4.84. The first-order valence-corrected chi connectivity index (χ1v) is 23.5. The summed E-state index contributed by atoms with van der Waals surface area (Å²) in [5.74, 6) is 0. The Labute approximate surface area is 383 Å². The number of nitrogens with zero attached hydrogens (tertiary/aromatic N) is 1. The van der Waals surface area contributed by atoms with E-state index in [2.05, 4.69) is 199 Å². The van der Waals surface area contributed by atoms with E-state index in [9.17, 15) is 0 Å². The van der Waals surface area contributed by atoms with Crippen LogP contribution in [0.4, 0.5) is 17.1 Å². The van der Waals surface area contributed by atoms with Gasteiger partial charge in [-0.1, -0.05) is 165 Å². The summed E-state index contributed by atoms with van der Waals surface area (Å²) >= 11 is 0. The van der Waals surface area contributed by atoms with Crippen molar-refractivity contribution in [3.8, 4) is 33.4 Å². The van der Waals surface area contributed by atoms with Gasteiger partial charge in [-0.15, -0.1) is 0 Å². The Kier molecular flexibility index (Phi) is 11.2. The zero-order chi connectivity index (χ0) is 43.5. The number of fused-ring (bicyclic) bond motifs is 4. The number of allylic oxidation sites excluding steroid dienone is 5. The average Bonchev–Trinajstić information content (AvgIpc) is 3.75. The number of furan rings is 1. The third-order valence-corrected chi connectivity index (χ3v) is 13.7. The average molecular weight is 840 g/mol. The standard InChI is InChI=1S/C63H53NO/c1-44-15-5-2-10-20-56(51-31-29-49(30-32-51)48-27-25-47(26-28-48)45-16-6-3-7-17-45)57-21-11-12-23-60(57)63(44)52-35-39-54(40-36-52)64(53-37-33-50(34-38-53)46-18-8-4-9-19-46)55-41-42-59-58-22-13-14-24-61(58)65-62(59)43-55/h3-4,6-9,13-14,16-19,22,24-43H,1-2,5,10-12,15,20-21,23H2/b57-56+,63-60?. The maximum atomic E-state index is 6.43. The van der Waals surface area contributed by atoms with Crippen LogP contribution in [0.3, 0.4) is 0 Å². The first-order valence-electron chi connectivity index (χ1n) is 23.5. The lowest BCUT2D eigenvalue weighted by molar-refractivity contribution is 0.662. The van der Waals surface area contributed by atoms with Crippen LogP contribution in [0, 0.1) is 0 Å². The number of rotatable bonds is 8. The van der Waals surface area contributed by atoms with E-state index in [1.54, 1.807) is 5.57 Å². The van der Waals surface area contributed by atoms with E-state index < -0.39 is 0 Å². The Bertz CT molecular complexity index is 3190. The maximum Gasteiger partial charge on any atom is 0.137 e. The monoisotopic (exact) mass is 839 g/mol. The van der Waals surface area contributed by atoms with Crippen molar-refractivity contribution in [1.29, 1.82) is 0 Å². The van der Waals surface area contributed by atoms with Gasteiger partial charge in [0.15, 0.2) is 0 Å². The lowest BCUT2D eigenvalue weighted by Gasteiger charge is -2.29. The minimum Gasteiger partial charge on any atom is -0.456 e. The predicted octanol–water partition coefficient (Wildman–Crippen LogP) is 18.4. The number of hydrogen-bond acceptors (Lipinski definition) is 2. The van der Waals surface area contributed by atoms with Crippen molar-refractivity contribution in [3.63, 3.8) is 0 Å². The van der Waals surface area contributed by atoms with Crippen LogP contribution in [0.5, 0.6) is 0 Å². The molecule has 8 aromatic carbocycles. The van der Waals surface area contributed by atoms with Crippen molar-refractivity contribution in [1.82, 2.24) is 0 Å². The number of benzene rings is 8. The molecule has 1 saturated carbocycles. The Hall–Kier alpha value is -7.42. The second-order valence-electron chi connectivity index (χ2n) is 17.8. The van der Waals surface area contributed by atoms with Gasteiger partial charge in [-0.25, -0.2) is 0 Å². The minimum absolute atomic E-state index is 0.885. The van der Waals surface area contributed by atoms with E-state index >= 15 is 0 Å². The Morgan fingerprint density at radius 3 is 1.37 bits per heavy atom. The quantitative estimate of drug-likeness (QED) is 0.152. The molecular formula is C63H53NO. The highest BCUT2D eigenvalue weighted by molar-refractivity contribution is 6.06. The second-order valence-corrected chi connectivity index (χ2v) is 17.8. The number of hydrogen-bond donors (Lipinski definition) is 0. The van der Waals surface area contributed by atoms with Crippen LogP contribution >= 0.6 is 0 Å². The molecule has 0 radical (unpaired) electrons. The summed E-state index contributed by atoms with van der Waals surface area (Å²) in [5, 5.41) is 2.27. The molecule has 2 heteroatoms. The lowest BCUT2D eigenvalue weighted by Crippen LogP contribution is -2.10. The fourth-order valence-corrected chi connectivity index (χ4v) is 10.4. The molecule has 0 unspecified atom stereocenters. The van der Waals surface area contributed by atoms with Gasteiger partial charge in [-0.2, -0.15) is 0 Å². The van der Waals surface area contributed by atoms with Crippen LogP contribution in [0.1, 0.15) is 68.9 Å². The van der Waals surface area contributed by atoms with E-state index in [4.69, 9.17) is 11.0 Å². The van der Waals surface area contributed by atoms with E-state index in [1.165, 1.54) is 92.5 Å². The first-order chi connectivity index (χ1) is 32.1. The second kappa shape index (κ2) is 18.0. The van der Waals surface area contributed by atoms with Crippen molar-refractivity contribution >= 4 is 50.1 Å². The van der Waals surface area contributed by atoms with Crippen LogP contribution < -0.4 is 4.90 Å². The smallest absolute Gasteiger partial charge is 0.137 e. The molecule has 316 valence electrons. The van der Waals surface area contributed by atoms with Crippen molar-refractivity contribution in [2.45, 2.75) is 57.8 Å². The molecule has 2 aliphatic rings. The number of anilines is 3. The SMILES string of the molecule is C=C1CCCCC/C(c2ccc(-c3ccc(-c4ccccc4)cc3)cc2)=C2/CCCCC2=C1c1ccc(N(c2ccc(-c3ccccc3)cc2)c2ccc3c(c2)oc2ccccc23)cc1. The molecule has 9 aromatic rings. The van der Waals surface area contributed by atoms with Crippen LogP contribution in [0.15, 0.2) is 228 Å². The van der Waals surface area contributed by atoms with Gasteiger partial charge in [-0.05, 0) is 166 Å². The highest BCUT2D eigenvalue weighted by Gasteiger charge is 2.25. The van der Waals surface area contributed by atoms with E-state index in [0.29, 0.717) is 0 Å². The first kappa shape index (κ1) is 40.4. The Balaban J connectivity index is 0.967. The summed E-state index contributed by atoms with van der Waals surface area (Å²) < 4.78 is 6.43. The minimum atomic E-state index is 0.885. The zero-order valence-corrected chi connectivity index (χ0v) is 37.0. The van der Waals surface area contributed by atoms with Gasteiger partial charge in [-0.3, -0.25) is 0 Å². The van der Waals surface area contributed by atoms with Crippen LogP contribution in [-0.4, -0.2) is 0 Å². The Morgan fingerprint density at radius 2 is 0.754 bits per heavy atom. The third kappa shape index (κ3) is 8.18. The normalized spacial score (nSPS) is 15.8.